The fraction of sp³-hybridized carbons (Fsp3) is 0.259. The van der Waals surface area contributed by atoms with Crippen LogP contribution < -0.4 is 5.32 Å². The van der Waals surface area contributed by atoms with Crippen molar-refractivity contribution in [2.24, 2.45) is 0 Å². The van der Waals surface area contributed by atoms with E-state index < -0.39 is 10.0 Å². The second-order valence-corrected chi connectivity index (χ2v) is 10.7. The molecule has 0 fully saturated rings. The van der Waals surface area contributed by atoms with Gasteiger partial charge in [0.2, 0.25) is 15.9 Å². The van der Waals surface area contributed by atoms with Crippen LogP contribution in [0.1, 0.15) is 36.3 Å². The Balaban J connectivity index is 1.54. The number of amides is 1. The van der Waals surface area contributed by atoms with Gasteiger partial charge in [-0.25, -0.2) is 17.7 Å². The molecule has 0 atom stereocenters. The van der Waals surface area contributed by atoms with Crippen LogP contribution in [0.25, 0.3) is 11.0 Å². The number of nitrogens with zero attached hydrogens (tertiary/aromatic N) is 3. The molecule has 7 nitrogen and oxygen atoms in total. The van der Waals surface area contributed by atoms with Crippen LogP contribution in [0.4, 0.5) is 0 Å². The first-order chi connectivity index (χ1) is 16.8. The van der Waals surface area contributed by atoms with Crippen molar-refractivity contribution in [1.29, 1.82) is 0 Å². The summed E-state index contributed by atoms with van der Waals surface area (Å²) in [5.74, 6) is 0.682. The molecule has 0 saturated heterocycles. The van der Waals surface area contributed by atoms with Gasteiger partial charge in [-0.05, 0) is 36.2 Å². The Morgan fingerprint density at radius 1 is 0.971 bits per heavy atom. The third-order valence-electron chi connectivity index (χ3n) is 6.04. The fourth-order valence-corrected chi connectivity index (χ4v) is 5.11. The number of carbonyl (C=O) groups is 1. The van der Waals surface area contributed by atoms with Crippen molar-refractivity contribution in [3.05, 3.63) is 95.8 Å². The van der Waals surface area contributed by atoms with Gasteiger partial charge in [0, 0.05) is 33.5 Å². The molecule has 35 heavy (non-hydrogen) atoms. The molecule has 4 rings (SSSR count). The first kappa shape index (κ1) is 24.6. The van der Waals surface area contributed by atoms with Crippen molar-refractivity contribution >= 4 is 27.0 Å². The molecule has 0 bridgehead atoms. The van der Waals surface area contributed by atoms with Gasteiger partial charge < -0.3 is 9.88 Å². The molecular formula is C27H30N4O3S. The first-order valence-corrected chi connectivity index (χ1v) is 13.1. The molecule has 0 radical (unpaired) electrons. The molecule has 182 valence electrons. The van der Waals surface area contributed by atoms with E-state index in [-0.39, 0.29) is 23.3 Å². The molecule has 1 aromatic heterocycles. The highest BCUT2D eigenvalue weighted by molar-refractivity contribution is 7.89. The van der Waals surface area contributed by atoms with Crippen LogP contribution in [-0.2, 0) is 27.8 Å². The van der Waals surface area contributed by atoms with E-state index in [0.717, 1.165) is 22.5 Å². The summed E-state index contributed by atoms with van der Waals surface area (Å²) in [7, 11) is -0.538. The molecule has 0 aliphatic carbocycles. The minimum atomic E-state index is -3.55. The molecule has 1 heterocycles. The molecule has 0 aliphatic heterocycles. The zero-order chi connectivity index (χ0) is 25.0. The molecule has 0 spiro atoms. The normalized spacial score (nSPS) is 11.9. The van der Waals surface area contributed by atoms with Gasteiger partial charge in [0.25, 0.3) is 0 Å². The van der Waals surface area contributed by atoms with Gasteiger partial charge in [-0.3, -0.25) is 4.79 Å². The van der Waals surface area contributed by atoms with Crippen LogP contribution in [-0.4, -0.2) is 42.3 Å². The topological polar surface area (TPSA) is 84.3 Å². The Hall–Kier alpha value is -3.49. The number of aryl methyl sites for hydroxylation is 2. The third kappa shape index (κ3) is 5.28. The zero-order valence-electron chi connectivity index (χ0n) is 20.2. The Morgan fingerprint density at radius 3 is 2.11 bits per heavy atom. The van der Waals surface area contributed by atoms with Crippen molar-refractivity contribution < 1.29 is 13.2 Å². The van der Waals surface area contributed by atoms with Crippen molar-refractivity contribution in [2.75, 3.05) is 14.1 Å². The lowest BCUT2D eigenvalue weighted by molar-refractivity contribution is -0.121. The van der Waals surface area contributed by atoms with Crippen molar-refractivity contribution in [3.63, 3.8) is 0 Å². The number of imidazole rings is 1. The number of carbonyl (C=O) groups excluding carboxylic acids is 1. The summed E-state index contributed by atoms with van der Waals surface area (Å²) >= 11 is 0. The SMILES string of the molecule is CCn1c(CCC(=O)NC(c2ccccc2)c2ccccc2)nc2cc(S(=O)(=O)N(C)C)ccc21. The van der Waals surface area contributed by atoms with Crippen LogP contribution in [0.5, 0.6) is 0 Å². The maximum atomic E-state index is 13.0. The Morgan fingerprint density at radius 2 is 1.57 bits per heavy atom. The highest BCUT2D eigenvalue weighted by atomic mass is 32.2. The van der Waals surface area contributed by atoms with Gasteiger partial charge in [-0.15, -0.1) is 0 Å². The van der Waals surface area contributed by atoms with E-state index in [0.29, 0.717) is 18.5 Å². The standard InChI is InChI=1S/C27H30N4O3S/c1-4-31-24-16-15-22(35(33,34)30(2)3)19-23(24)28-25(31)17-18-26(32)29-27(20-11-7-5-8-12-20)21-13-9-6-10-14-21/h5-16,19,27H,4,17-18H2,1-3H3,(H,29,32). The second kappa shape index (κ2) is 10.4. The van der Waals surface area contributed by atoms with E-state index in [1.54, 1.807) is 18.2 Å². The van der Waals surface area contributed by atoms with Crippen molar-refractivity contribution in [1.82, 2.24) is 19.2 Å². The Kier molecular flexibility index (Phi) is 7.33. The molecule has 1 amide bonds. The predicted octanol–water partition coefficient (Wildman–Crippen LogP) is 4.14. The second-order valence-electron chi connectivity index (χ2n) is 8.53. The number of aromatic nitrogens is 2. The number of rotatable bonds is 9. The van der Waals surface area contributed by atoms with Crippen LogP contribution in [0.15, 0.2) is 83.8 Å². The van der Waals surface area contributed by atoms with E-state index in [1.807, 2.05) is 72.2 Å². The van der Waals surface area contributed by atoms with Crippen LogP contribution in [0.2, 0.25) is 0 Å². The van der Waals surface area contributed by atoms with Crippen LogP contribution >= 0.6 is 0 Å². The smallest absolute Gasteiger partial charge is 0.242 e. The average Bonchev–Trinajstić information content (AvgIpc) is 3.23. The average molecular weight is 491 g/mol. The summed E-state index contributed by atoms with van der Waals surface area (Å²) in [6.07, 6.45) is 0.711. The van der Waals surface area contributed by atoms with Crippen molar-refractivity contribution in [3.8, 4) is 0 Å². The lowest BCUT2D eigenvalue weighted by atomic mass is 9.98. The molecular weight excluding hydrogens is 460 g/mol. The summed E-state index contributed by atoms with van der Waals surface area (Å²) in [5.41, 5.74) is 3.49. The minimum absolute atomic E-state index is 0.0757. The summed E-state index contributed by atoms with van der Waals surface area (Å²) in [5, 5.41) is 3.17. The summed E-state index contributed by atoms with van der Waals surface area (Å²) in [4.78, 5) is 17.9. The predicted molar refractivity (Wildman–Crippen MR) is 137 cm³/mol. The molecule has 8 heteroatoms. The summed E-state index contributed by atoms with van der Waals surface area (Å²) < 4.78 is 28.3. The lowest BCUT2D eigenvalue weighted by Crippen LogP contribution is -2.29. The number of sulfonamides is 1. The highest BCUT2D eigenvalue weighted by Gasteiger charge is 2.21. The van der Waals surface area contributed by atoms with Gasteiger partial charge in [0.1, 0.15) is 5.82 Å². The molecule has 1 N–H and O–H groups in total. The fourth-order valence-electron chi connectivity index (χ4n) is 4.18. The Labute approximate surface area is 206 Å². The highest BCUT2D eigenvalue weighted by Crippen LogP contribution is 2.24. The van der Waals surface area contributed by atoms with Gasteiger partial charge in [-0.2, -0.15) is 0 Å². The first-order valence-electron chi connectivity index (χ1n) is 11.6. The third-order valence-corrected chi connectivity index (χ3v) is 7.85. The molecule has 0 saturated carbocycles. The van der Waals surface area contributed by atoms with Gasteiger partial charge in [0.05, 0.1) is 22.0 Å². The van der Waals surface area contributed by atoms with Gasteiger partial charge >= 0.3 is 0 Å². The maximum absolute atomic E-state index is 13.0. The maximum Gasteiger partial charge on any atom is 0.242 e. The van der Waals surface area contributed by atoms with Crippen molar-refractivity contribution in [2.45, 2.75) is 37.2 Å². The number of benzene rings is 3. The zero-order valence-corrected chi connectivity index (χ0v) is 21.0. The van der Waals surface area contributed by atoms with E-state index in [4.69, 9.17) is 0 Å². The van der Waals surface area contributed by atoms with Gasteiger partial charge in [-0.1, -0.05) is 60.7 Å². The monoisotopic (exact) mass is 490 g/mol. The molecule has 0 unspecified atom stereocenters. The lowest BCUT2D eigenvalue weighted by Gasteiger charge is -2.20. The van der Waals surface area contributed by atoms with E-state index in [9.17, 15) is 13.2 Å². The number of nitrogens with one attached hydrogen (secondary N) is 1. The summed E-state index contributed by atoms with van der Waals surface area (Å²) in [6, 6.07) is 24.5. The van der Waals surface area contributed by atoms with E-state index >= 15 is 0 Å². The minimum Gasteiger partial charge on any atom is -0.345 e. The quantitative estimate of drug-likeness (QED) is 0.382. The molecule has 3 aromatic carbocycles. The Bertz CT molecular complexity index is 1380. The van der Waals surface area contributed by atoms with E-state index in [2.05, 4.69) is 10.3 Å². The van der Waals surface area contributed by atoms with Gasteiger partial charge in [0.15, 0.2) is 0 Å². The van der Waals surface area contributed by atoms with Crippen LogP contribution in [0.3, 0.4) is 0 Å². The number of fused-ring (bicyclic) bond motifs is 1. The number of hydrogen-bond donors (Lipinski definition) is 1. The van der Waals surface area contributed by atoms with Crippen LogP contribution in [0, 0.1) is 0 Å². The number of hydrogen-bond acceptors (Lipinski definition) is 4. The van der Waals surface area contributed by atoms with E-state index in [1.165, 1.54) is 18.4 Å². The molecule has 4 aromatic rings. The largest absolute Gasteiger partial charge is 0.345 e. The summed E-state index contributed by atoms with van der Waals surface area (Å²) in [6.45, 7) is 2.68. The molecule has 0 aliphatic rings.